The number of rotatable bonds is 6. The number of nitrogens with two attached hydrogens (primary N) is 1. The van der Waals surface area contributed by atoms with Crippen LogP contribution in [0.4, 0.5) is 11.5 Å². The zero-order chi connectivity index (χ0) is 15.9. The van der Waals surface area contributed by atoms with E-state index in [0.717, 1.165) is 38.0 Å². The Hall–Kier alpha value is -1.66. The third-order valence-electron chi connectivity index (χ3n) is 4.11. The Labute approximate surface area is 132 Å². The maximum Gasteiger partial charge on any atom is 0.222 e. The molecule has 0 unspecified atom stereocenters. The second kappa shape index (κ2) is 8.10. The Bertz CT molecular complexity index is 470. The van der Waals surface area contributed by atoms with Crippen LogP contribution >= 0.6 is 0 Å². The summed E-state index contributed by atoms with van der Waals surface area (Å²) in [6.45, 7) is 6.48. The molecule has 0 bridgehead atoms. The molecule has 6 nitrogen and oxygen atoms in total. The van der Waals surface area contributed by atoms with Crippen LogP contribution in [0.5, 0.6) is 0 Å². The molecule has 1 saturated heterocycles. The zero-order valence-electron chi connectivity index (χ0n) is 13.5. The molecule has 0 aromatic carbocycles. The second-order valence-corrected chi connectivity index (χ2v) is 5.90. The molecule has 4 N–H and O–H groups in total. The molecule has 122 valence electrons. The van der Waals surface area contributed by atoms with E-state index in [1.165, 1.54) is 6.92 Å². The molecular formula is C16H27N5O. The van der Waals surface area contributed by atoms with E-state index in [4.69, 9.17) is 5.73 Å². The van der Waals surface area contributed by atoms with Crippen molar-refractivity contribution in [2.24, 2.45) is 5.73 Å². The van der Waals surface area contributed by atoms with Gasteiger partial charge in [-0.05, 0) is 58.0 Å². The first-order chi connectivity index (χ1) is 10.6. The Balaban J connectivity index is 2.17. The maximum absolute atomic E-state index is 11.1. The highest BCUT2D eigenvalue weighted by atomic mass is 16.1. The monoisotopic (exact) mass is 305 g/mol. The standard InChI is InChI=1S/C16H27N5O/c1-12(5-8-17)21(14-6-9-18-10-7-14)15-3-4-16(19-11-15)20-13(2)22/h3-4,11-12,14,18H,5-10,17H2,1-2H3,(H,19,20,22)/t12-/m1/s1. The van der Waals surface area contributed by atoms with Gasteiger partial charge in [0, 0.05) is 19.0 Å². The van der Waals surface area contributed by atoms with Gasteiger partial charge in [-0.2, -0.15) is 0 Å². The lowest BCUT2D eigenvalue weighted by Crippen LogP contribution is -2.48. The van der Waals surface area contributed by atoms with E-state index < -0.39 is 0 Å². The highest BCUT2D eigenvalue weighted by Gasteiger charge is 2.25. The summed E-state index contributed by atoms with van der Waals surface area (Å²) in [6, 6.07) is 4.78. The van der Waals surface area contributed by atoms with Gasteiger partial charge < -0.3 is 21.3 Å². The molecular weight excluding hydrogens is 278 g/mol. The maximum atomic E-state index is 11.1. The lowest BCUT2D eigenvalue weighted by Gasteiger charge is -2.40. The van der Waals surface area contributed by atoms with E-state index in [2.05, 4.69) is 27.4 Å². The molecule has 1 aromatic heterocycles. The fourth-order valence-corrected chi connectivity index (χ4v) is 3.08. The number of anilines is 2. The number of amides is 1. The number of carbonyl (C=O) groups is 1. The van der Waals surface area contributed by atoms with Gasteiger partial charge in [-0.3, -0.25) is 4.79 Å². The first-order valence-electron chi connectivity index (χ1n) is 8.04. The number of aromatic nitrogens is 1. The highest BCUT2D eigenvalue weighted by Crippen LogP contribution is 2.25. The van der Waals surface area contributed by atoms with Crippen LogP contribution in [0.3, 0.4) is 0 Å². The fraction of sp³-hybridized carbons (Fsp3) is 0.625. The minimum atomic E-state index is -0.105. The van der Waals surface area contributed by atoms with Crippen molar-refractivity contribution in [1.82, 2.24) is 10.3 Å². The first-order valence-corrected chi connectivity index (χ1v) is 8.04. The lowest BCUT2D eigenvalue weighted by atomic mass is 10.0. The smallest absolute Gasteiger partial charge is 0.222 e. The van der Waals surface area contributed by atoms with E-state index in [9.17, 15) is 4.79 Å². The normalized spacial score (nSPS) is 17.0. The summed E-state index contributed by atoms with van der Waals surface area (Å²) >= 11 is 0. The molecule has 1 atom stereocenters. The number of nitrogens with one attached hydrogen (secondary N) is 2. The summed E-state index contributed by atoms with van der Waals surface area (Å²) in [5.41, 5.74) is 6.85. The number of piperidine rings is 1. The Morgan fingerprint density at radius 1 is 1.50 bits per heavy atom. The molecule has 0 saturated carbocycles. The van der Waals surface area contributed by atoms with Gasteiger partial charge in [-0.1, -0.05) is 0 Å². The molecule has 1 fully saturated rings. The quantitative estimate of drug-likeness (QED) is 0.738. The fourth-order valence-electron chi connectivity index (χ4n) is 3.08. The average Bonchev–Trinajstić information content (AvgIpc) is 2.50. The highest BCUT2D eigenvalue weighted by molar-refractivity contribution is 5.87. The van der Waals surface area contributed by atoms with Gasteiger partial charge in [0.1, 0.15) is 5.82 Å². The molecule has 6 heteroatoms. The van der Waals surface area contributed by atoms with Crippen LogP contribution in [0.15, 0.2) is 18.3 Å². The van der Waals surface area contributed by atoms with Gasteiger partial charge >= 0.3 is 0 Å². The van der Waals surface area contributed by atoms with Crippen molar-refractivity contribution >= 4 is 17.4 Å². The minimum absolute atomic E-state index is 0.105. The molecule has 0 spiro atoms. The molecule has 2 rings (SSSR count). The van der Waals surface area contributed by atoms with Gasteiger partial charge in [0.05, 0.1) is 11.9 Å². The number of pyridine rings is 1. The van der Waals surface area contributed by atoms with Crippen LogP contribution in [0.2, 0.25) is 0 Å². The predicted octanol–water partition coefficient (Wildman–Crippen LogP) is 1.34. The molecule has 0 radical (unpaired) electrons. The van der Waals surface area contributed by atoms with Gasteiger partial charge in [-0.25, -0.2) is 4.98 Å². The molecule has 0 aliphatic carbocycles. The SMILES string of the molecule is CC(=O)Nc1ccc(N(C2CCNCC2)[C@H](C)CCN)cn1. The third-order valence-corrected chi connectivity index (χ3v) is 4.11. The summed E-state index contributed by atoms with van der Waals surface area (Å²) in [4.78, 5) is 17.9. The van der Waals surface area contributed by atoms with Crippen molar-refractivity contribution in [2.45, 2.75) is 45.2 Å². The average molecular weight is 305 g/mol. The number of nitrogens with zero attached hydrogens (tertiary/aromatic N) is 2. The first kappa shape index (κ1) is 16.7. The topological polar surface area (TPSA) is 83.3 Å². The van der Waals surface area contributed by atoms with E-state index >= 15 is 0 Å². The number of carbonyl (C=O) groups excluding carboxylic acids is 1. The summed E-state index contributed by atoms with van der Waals surface area (Å²) in [5.74, 6) is 0.486. The molecule has 1 aliphatic rings. The zero-order valence-corrected chi connectivity index (χ0v) is 13.5. The van der Waals surface area contributed by atoms with Crippen LogP contribution in [0, 0.1) is 0 Å². The Morgan fingerprint density at radius 2 is 2.23 bits per heavy atom. The Kier molecular flexibility index (Phi) is 6.15. The summed E-state index contributed by atoms with van der Waals surface area (Å²) < 4.78 is 0. The summed E-state index contributed by atoms with van der Waals surface area (Å²) in [7, 11) is 0. The molecule has 1 amide bonds. The minimum Gasteiger partial charge on any atom is -0.364 e. The van der Waals surface area contributed by atoms with Crippen LogP contribution < -0.4 is 21.3 Å². The van der Waals surface area contributed by atoms with Crippen molar-refractivity contribution in [3.8, 4) is 0 Å². The van der Waals surface area contributed by atoms with Crippen LogP contribution in [-0.2, 0) is 4.79 Å². The van der Waals surface area contributed by atoms with E-state index in [-0.39, 0.29) is 5.91 Å². The Morgan fingerprint density at radius 3 is 2.77 bits per heavy atom. The van der Waals surface area contributed by atoms with E-state index in [1.807, 2.05) is 18.3 Å². The summed E-state index contributed by atoms with van der Waals surface area (Å²) in [5, 5.41) is 6.11. The van der Waals surface area contributed by atoms with Crippen molar-refractivity contribution in [3.05, 3.63) is 18.3 Å². The molecule has 2 heterocycles. The van der Waals surface area contributed by atoms with Crippen LogP contribution in [0.25, 0.3) is 0 Å². The molecule has 22 heavy (non-hydrogen) atoms. The van der Waals surface area contributed by atoms with Gasteiger partial charge in [-0.15, -0.1) is 0 Å². The van der Waals surface area contributed by atoms with E-state index in [1.54, 1.807) is 0 Å². The summed E-state index contributed by atoms with van der Waals surface area (Å²) in [6.07, 6.45) is 5.06. The number of hydrogen-bond donors (Lipinski definition) is 3. The second-order valence-electron chi connectivity index (χ2n) is 5.90. The van der Waals surface area contributed by atoms with Gasteiger partial charge in [0.2, 0.25) is 5.91 Å². The van der Waals surface area contributed by atoms with Crippen molar-refractivity contribution < 1.29 is 4.79 Å². The third kappa shape index (κ3) is 4.42. The largest absolute Gasteiger partial charge is 0.364 e. The van der Waals surface area contributed by atoms with E-state index in [0.29, 0.717) is 24.4 Å². The van der Waals surface area contributed by atoms with Crippen molar-refractivity contribution in [1.29, 1.82) is 0 Å². The van der Waals surface area contributed by atoms with Gasteiger partial charge in [0.15, 0.2) is 0 Å². The molecule has 1 aliphatic heterocycles. The molecule has 1 aromatic rings. The number of hydrogen-bond acceptors (Lipinski definition) is 5. The lowest BCUT2D eigenvalue weighted by molar-refractivity contribution is -0.114. The van der Waals surface area contributed by atoms with Crippen molar-refractivity contribution in [2.75, 3.05) is 29.9 Å². The predicted molar refractivity (Wildman–Crippen MR) is 90.0 cm³/mol. The van der Waals surface area contributed by atoms with Crippen LogP contribution in [-0.4, -0.2) is 42.6 Å². The van der Waals surface area contributed by atoms with Crippen LogP contribution in [0.1, 0.15) is 33.1 Å². The van der Waals surface area contributed by atoms with Crippen molar-refractivity contribution in [3.63, 3.8) is 0 Å². The van der Waals surface area contributed by atoms with Gasteiger partial charge in [0.25, 0.3) is 0 Å².